The van der Waals surface area contributed by atoms with Crippen molar-refractivity contribution in [3.63, 3.8) is 0 Å². The van der Waals surface area contributed by atoms with E-state index in [1.165, 1.54) is 0 Å². The number of hydrogen-bond acceptors (Lipinski definition) is 4. The number of nitrogens with zero attached hydrogens (tertiary/aromatic N) is 1. The van der Waals surface area contributed by atoms with Crippen molar-refractivity contribution in [1.82, 2.24) is 10.2 Å². The van der Waals surface area contributed by atoms with Crippen LogP contribution in [-0.2, 0) is 22.6 Å². The molecule has 1 N–H and O–H groups in total. The number of hydrogen-bond donors (Lipinski definition) is 1. The highest BCUT2D eigenvalue weighted by atomic mass is 16.5. The molecule has 2 amide bonds. The average molecular weight is 433 g/mol. The third-order valence-corrected chi connectivity index (χ3v) is 5.24. The number of nitrogens with one attached hydrogen (secondary N) is 1. The molecule has 3 aromatic rings. The van der Waals surface area contributed by atoms with Crippen molar-refractivity contribution < 1.29 is 19.1 Å². The summed E-state index contributed by atoms with van der Waals surface area (Å²) in [6, 6.07) is 23.6. The van der Waals surface area contributed by atoms with Crippen LogP contribution in [0.4, 0.5) is 0 Å². The van der Waals surface area contributed by atoms with Gasteiger partial charge in [-0.3, -0.25) is 9.59 Å². The van der Waals surface area contributed by atoms with Crippen LogP contribution in [0.5, 0.6) is 11.5 Å². The summed E-state index contributed by atoms with van der Waals surface area (Å²) in [6.07, 6.45) is 0.119. The third kappa shape index (κ3) is 5.46. The maximum atomic E-state index is 13.6. The maximum absolute atomic E-state index is 13.6. The van der Waals surface area contributed by atoms with E-state index in [4.69, 9.17) is 9.47 Å². The van der Waals surface area contributed by atoms with Gasteiger partial charge in [0.25, 0.3) is 0 Å². The fourth-order valence-electron chi connectivity index (χ4n) is 3.62. The topological polar surface area (TPSA) is 67.9 Å². The van der Waals surface area contributed by atoms with Gasteiger partial charge in [-0.25, -0.2) is 0 Å². The molecule has 0 saturated heterocycles. The average Bonchev–Trinajstić information content (AvgIpc) is 2.84. The SMILES string of the molecule is CNC(=O)[C@@H](c1ccccc1)N(Cc1ccccc1)C(=O)Cc1ccc(OC)c(OC)c1. The predicted octanol–water partition coefficient (Wildman–Crippen LogP) is 3.76. The van der Waals surface area contributed by atoms with Crippen molar-refractivity contribution in [2.45, 2.75) is 19.0 Å². The van der Waals surface area contributed by atoms with E-state index in [9.17, 15) is 9.59 Å². The van der Waals surface area contributed by atoms with Gasteiger partial charge in [0.2, 0.25) is 11.8 Å². The Kier molecular flexibility index (Phi) is 7.86. The van der Waals surface area contributed by atoms with Crippen LogP contribution in [0.1, 0.15) is 22.7 Å². The first-order valence-corrected chi connectivity index (χ1v) is 10.4. The van der Waals surface area contributed by atoms with Crippen LogP contribution in [-0.4, -0.2) is 38.0 Å². The van der Waals surface area contributed by atoms with E-state index in [2.05, 4.69) is 5.32 Å². The van der Waals surface area contributed by atoms with Gasteiger partial charge in [0, 0.05) is 13.6 Å². The van der Waals surface area contributed by atoms with Crippen LogP contribution < -0.4 is 14.8 Å². The molecule has 0 radical (unpaired) electrons. The molecular formula is C26H28N2O4. The van der Waals surface area contributed by atoms with Gasteiger partial charge in [-0.05, 0) is 28.8 Å². The normalized spacial score (nSPS) is 11.3. The van der Waals surface area contributed by atoms with Gasteiger partial charge in [0.05, 0.1) is 20.6 Å². The largest absolute Gasteiger partial charge is 0.493 e. The summed E-state index contributed by atoms with van der Waals surface area (Å²) in [5.74, 6) is 0.738. The zero-order chi connectivity index (χ0) is 22.9. The molecule has 0 spiro atoms. The lowest BCUT2D eigenvalue weighted by Crippen LogP contribution is -2.43. The smallest absolute Gasteiger partial charge is 0.247 e. The van der Waals surface area contributed by atoms with Crippen molar-refractivity contribution >= 4 is 11.8 Å². The molecular weight excluding hydrogens is 404 g/mol. The molecule has 0 aliphatic carbocycles. The summed E-state index contributed by atoms with van der Waals surface area (Å²) in [6.45, 7) is 0.305. The molecule has 3 rings (SSSR count). The van der Waals surface area contributed by atoms with Crippen molar-refractivity contribution in [3.05, 3.63) is 95.6 Å². The molecule has 0 aliphatic rings. The Hall–Kier alpha value is -3.80. The zero-order valence-electron chi connectivity index (χ0n) is 18.6. The predicted molar refractivity (Wildman–Crippen MR) is 123 cm³/mol. The molecule has 0 bridgehead atoms. The molecule has 0 unspecified atom stereocenters. The molecule has 0 fully saturated rings. The maximum Gasteiger partial charge on any atom is 0.247 e. The Labute approximate surface area is 188 Å². The van der Waals surface area contributed by atoms with E-state index in [1.807, 2.05) is 66.7 Å². The van der Waals surface area contributed by atoms with Crippen LogP contribution in [0.25, 0.3) is 0 Å². The van der Waals surface area contributed by atoms with E-state index < -0.39 is 6.04 Å². The Morgan fingerprint density at radius 2 is 1.47 bits per heavy atom. The molecule has 0 heterocycles. The fourth-order valence-corrected chi connectivity index (χ4v) is 3.62. The van der Waals surface area contributed by atoms with E-state index in [1.54, 1.807) is 38.3 Å². The molecule has 0 aromatic heterocycles. The number of carbonyl (C=O) groups excluding carboxylic acids is 2. The Bertz CT molecular complexity index is 1040. The summed E-state index contributed by atoms with van der Waals surface area (Å²) < 4.78 is 10.7. The van der Waals surface area contributed by atoms with Gasteiger partial charge >= 0.3 is 0 Å². The quantitative estimate of drug-likeness (QED) is 0.559. The van der Waals surface area contributed by atoms with Crippen molar-refractivity contribution in [2.75, 3.05) is 21.3 Å². The number of methoxy groups -OCH3 is 2. The highest BCUT2D eigenvalue weighted by Crippen LogP contribution is 2.29. The van der Waals surface area contributed by atoms with Gasteiger partial charge in [-0.15, -0.1) is 0 Å². The summed E-state index contributed by atoms with van der Waals surface area (Å²) in [5, 5.41) is 2.71. The first-order valence-electron chi connectivity index (χ1n) is 10.4. The second-order valence-electron chi connectivity index (χ2n) is 7.30. The van der Waals surface area contributed by atoms with Gasteiger partial charge in [0.15, 0.2) is 11.5 Å². The number of likely N-dealkylation sites (N-methyl/N-ethyl adjacent to an activating group) is 1. The Balaban J connectivity index is 1.97. The molecule has 6 nitrogen and oxygen atoms in total. The van der Waals surface area contributed by atoms with Crippen molar-refractivity contribution in [1.29, 1.82) is 0 Å². The molecule has 166 valence electrons. The van der Waals surface area contributed by atoms with Crippen LogP contribution in [0.2, 0.25) is 0 Å². The first-order chi connectivity index (χ1) is 15.6. The number of benzene rings is 3. The molecule has 32 heavy (non-hydrogen) atoms. The molecule has 0 saturated carbocycles. The van der Waals surface area contributed by atoms with E-state index in [0.29, 0.717) is 18.0 Å². The van der Waals surface area contributed by atoms with Gasteiger partial charge in [-0.2, -0.15) is 0 Å². The Morgan fingerprint density at radius 1 is 0.844 bits per heavy atom. The van der Waals surface area contributed by atoms with Crippen LogP contribution >= 0.6 is 0 Å². The van der Waals surface area contributed by atoms with Gasteiger partial charge in [-0.1, -0.05) is 66.7 Å². The zero-order valence-corrected chi connectivity index (χ0v) is 18.6. The molecule has 3 aromatic carbocycles. The van der Waals surface area contributed by atoms with Crippen molar-refractivity contribution in [3.8, 4) is 11.5 Å². The second kappa shape index (κ2) is 11.0. The lowest BCUT2D eigenvalue weighted by molar-refractivity contribution is -0.141. The standard InChI is InChI=1S/C26H28N2O4/c1-27-26(30)25(21-12-8-5-9-13-21)28(18-19-10-6-4-7-11-19)24(29)17-20-14-15-22(31-2)23(16-20)32-3/h4-16,25H,17-18H2,1-3H3,(H,27,30)/t25-/m1/s1. The minimum Gasteiger partial charge on any atom is -0.493 e. The highest BCUT2D eigenvalue weighted by molar-refractivity contribution is 5.89. The highest BCUT2D eigenvalue weighted by Gasteiger charge is 2.31. The molecule has 6 heteroatoms. The van der Waals surface area contributed by atoms with E-state index in [0.717, 1.165) is 16.7 Å². The van der Waals surface area contributed by atoms with Crippen LogP contribution in [0, 0.1) is 0 Å². The lowest BCUT2D eigenvalue weighted by atomic mass is 10.0. The molecule has 1 atom stereocenters. The number of carbonyl (C=O) groups is 2. The summed E-state index contributed by atoms with van der Waals surface area (Å²) in [4.78, 5) is 28.1. The van der Waals surface area contributed by atoms with Gasteiger partial charge < -0.3 is 19.7 Å². The number of ether oxygens (including phenoxy) is 2. The van der Waals surface area contributed by atoms with E-state index in [-0.39, 0.29) is 18.2 Å². The molecule has 0 aliphatic heterocycles. The monoisotopic (exact) mass is 432 g/mol. The van der Waals surface area contributed by atoms with Crippen molar-refractivity contribution in [2.24, 2.45) is 0 Å². The van der Waals surface area contributed by atoms with E-state index >= 15 is 0 Å². The summed E-state index contributed by atoms with van der Waals surface area (Å²) in [7, 11) is 4.71. The fraction of sp³-hybridized carbons (Fsp3) is 0.231. The number of rotatable bonds is 9. The number of amides is 2. The summed E-state index contributed by atoms with van der Waals surface area (Å²) >= 11 is 0. The van der Waals surface area contributed by atoms with Crippen LogP contribution in [0.15, 0.2) is 78.9 Å². The second-order valence-corrected chi connectivity index (χ2v) is 7.30. The summed E-state index contributed by atoms with van der Waals surface area (Å²) in [5.41, 5.74) is 2.47. The van der Waals surface area contributed by atoms with Crippen LogP contribution in [0.3, 0.4) is 0 Å². The third-order valence-electron chi connectivity index (χ3n) is 5.24. The minimum absolute atomic E-state index is 0.119. The first kappa shape index (κ1) is 22.9. The minimum atomic E-state index is -0.756. The Morgan fingerprint density at radius 3 is 2.06 bits per heavy atom. The van der Waals surface area contributed by atoms with Gasteiger partial charge in [0.1, 0.15) is 6.04 Å². The lowest BCUT2D eigenvalue weighted by Gasteiger charge is -2.31.